The van der Waals surface area contributed by atoms with Gasteiger partial charge < -0.3 is 11.1 Å². The van der Waals surface area contributed by atoms with Crippen LogP contribution in [0.5, 0.6) is 0 Å². The van der Waals surface area contributed by atoms with Gasteiger partial charge in [-0.1, -0.05) is 49.6 Å². The Balaban J connectivity index is 1.69. The average Bonchev–Trinajstić information content (AvgIpc) is 2.42. The molecule has 3 rings (SSSR count). The van der Waals surface area contributed by atoms with Crippen molar-refractivity contribution in [3.8, 4) is 11.4 Å². The lowest BCUT2D eigenvalue weighted by molar-refractivity contribution is 0.303. The number of hydrogen-bond donors (Lipinski definition) is 2. The lowest BCUT2D eigenvalue weighted by Crippen LogP contribution is -2.16. The summed E-state index contributed by atoms with van der Waals surface area (Å²) in [5, 5.41) is 3.36. The lowest BCUT2D eigenvalue weighted by atomic mass is 9.83. The molecule has 0 saturated heterocycles. The summed E-state index contributed by atoms with van der Waals surface area (Å²) in [4.78, 5) is 8.84. The molecule has 104 valence electrons. The summed E-state index contributed by atoms with van der Waals surface area (Å²) < 4.78 is 0. The summed E-state index contributed by atoms with van der Waals surface area (Å²) in [5.41, 5.74) is 6.86. The first-order chi connectivity index (χ1) is 9.81. The number of nitrogens with two attached hydrogens (primary N) is 1. The smallest absolute Gasteiger partial charge is 0.163 e. The normalized spacial score (nSPS) is 14.8. The van der Waals surface area contributed by atoms with Crippen LogP contribution < -0.4 is 11.1 Å². The lowest BCUT2D eigenvalue weighted by Gasteiger charge is -2.25. The topological polar surface area (TPSA) is 63.8 Å². The van der Waals surface area contributed by atoms with Gasteiger partial charge in [-0.2, -0.15) is 0 Å². The highest BCUT2D eigenvalue weighted by Gasteiger charge is 2.16. The van der Waals surface area contributed by atoms with Crippen LogP contribution in [0.15, 0.2) is 36.4 Å². The molecule has 0 amide bonds. The van der Waals surface area contributed by atoms with Gasteiger partial charge in [0.2, 0.25) is 0 Å². The van der Waals surface area contributed by atoms with E-state index in [2.05, 4.69) is 15.3 Å². The number of nitrogens with one attached hydrogen (secondary N) is 1. The van der Waals surface area contributed by atoms with Gasteiger partial charge in [0, 0.05) is 18.2 Å². The zero-order chi connectivity index (χ0) is 13.8. The Kier molecular flexibility index (Phi) is 3.81. The quantitative estimate of drug-likeness (QED) is 0.873. The minimum atomic E-state index is 0.505. The number of nitrogen functional groups attached to an aromatic ring is 1. The fourth-order valence-electron chi connectivity index (χ4n) is 2.46. The second-order valence-electron chi connectivity index (χ2n) is 5.38. The van der Waals surface area contributed by atoms with E-state index >= 15 is 0 Å². The van der Waals surface area contributed by atoms with Gasteiger partial charge in [0.25, 0.3) is 0 Å². The van der Waals surface area contributed by atoms with Crippen LogP contribution in [0.1, 0.15) is 25.7 Å². The molecule has 1 aliphatic carbocycles. The van der Waals surface area contributed by atoms with Crippen molar-refractivity contribution < 1.29 is 0 Å². The fraction of sp³-hybridized carbons (Fsp3) is 0.375. The SMILES string of the molecule is Nc1cc(NCCC2CCC2)nc(-c2ccccc2)n1. The molecule has 3 N–H and O–H groups in total. The number of hydrogen-bond acceptors (Lipinski definition) is 4. The van der Waals surface area contributed by atoms with Gasteiger partial charge in [0.05, 0.1) is 0 Å². The molecule has 20 heavy (non-hydrogen) atoms. The Morgan fingerprint density at radius 1 is 1.15 bits per heavy atom. The summed E-state index contributed by atoms with van der Waals surface area (Å²) in [6.07, 6.45) is 5.36. The number of aromatic nitrogens is 2. The zero-order valence-electron chi connectivity index (χ0n) is 11.5. The minimum Gasteiger partial charge on any atom is -0.384 e. The second-order valence-corrected chi connectivity index (χ2v) is 5.38. The monoisotopic (exact) mass is 268 g/mol. The molecule has 0 unspecified atom stereocenters. The number of anilines is 2. The summed E-state index contributed by atoms with van der Waals surface area (Å²) in [6, 6.07) is 11.7. The molecule has 0 aliphatic heterocycles. The van der Waals surface area contributed by atoms with Gasteiger partial charge in [0.1, 0.15) is 11.6 Å². The van der Waals surface area contributed by atoms with Crippen molar-refractivity contribution in [3.63, 3.8) is 0 Å². The Hall–Kier alpha value is -2.10. The fourth-order valence-corrected chi connectivity index (χ4v) is 2.46. The van der Waals surface area contributed by atoms with Crippen molar-refractivity contribution in [2.24, 2.45) is 5.92 Å². The third-order valence-corrected chi connectivity index (χ3v) is 3.86. The van der Waals surface area contributed by atoms with Crippen LogP contribution in [0, 0.1) is 5.92 Å². The van der Waals surface area contributed by atoms with E-state index in [-0.39, 0.29) is 0 Å². The molecule has 0 radical (unpaired) electrons. The van der Waals surface area contributed by atoms with Crippen molar-refractivity contribution in [2.45, 2.75) is 25.7 Å². The van der Waals surface area contributed by atoms with Gasteiger partial charge >= 0.3 is 0 Å². The van der Waals surface area contributed by atoms with Crippen LogP contribution in [0.25, 0.3) is 11.4 Å². The second kappa shape index (κ2) is 5.90. The summed E-state index contributed by atoms with van der Waals surface area (Å²) >= 11 is 0. The van der Waals surface area contributed by atoms with Gasteiger partial charge in [0.15, 0.2) is 5.82 Å². The standard InChI is InChI=1S/C16H20N4/c17-14-11-15(18-10-9-12-5-4-6-12)20-16(19-14)13-7-2-1-3-8-13/h1-3,7-8,11-12H,4-6,9-10H2,(H3,17,18,19,20). The van der Waals surface area contributed by atoms with Crippen molar-refractivity contribution in [1.82, 2.24) is 9.97 Å². The molecule has 0 bridgehead atoms. The summed E-state index contributed by atoms with van der Waals surface area (Å²) in [7, 11) is 0. The molecule has 0 atom stereocenters. The summed E-state index contributed by atoms with van der Waals surface area (Å²) in [6.45, 7) is 0.954. The van der Waals surface area contributed by atoms with Crippen molar-refractivity contribution in [3.05, 3.63) is 36.4 Å². The van der Waals surface area contributed by atoms with Crippen molar-refractivity contribution >= 4 is 11.6 Å². The van der Waals surface area contributed by atoms with E-state index in [4.69, 9.17) is 5.73 Å². The van der Waals surface area contributed by atoms with E-state index < -0.39 is 0 Å². The van der Waals surface area contributed by atoms with E-state index in [1.165, 1.54) is 25.7 Å². The maximum atomic E-state index is 5.87. The van der Waals surface area contributed by atoms with Gasteiger partial charge in [-0.15, -0.1) is 0 Å². The molecule has 1 aromatic carbocycles. The minimum absolute atomic E-state index is 0.505. The summed E-state index contributed by atoms with van der Waals surface area (Å²) in [5.74, 6) is 2.90. The van der Waals surface area contributed by atoms with E-state index in [1.807, 2.05) is 30.3 Å². The first-order valence-electron chi connectivity index (χ1n) is 7.25. The van der Waals surface area contributed by atoms with Crippen molar-refractivity contribution in [1.29, 1.82) is 0 Å². The maximum Gasteiger partial charge on any atom is 0.163 e. The van der Waals surface area contributed by atoms with Crippen LogP contribution in [0.4, 0.5) is 11.6 Å². The van der Waals surface area contributed by atoms with Crippen LogP contribution in [0.2, 0.25) is 0 Å². The molecule has 4 nitrogen and oxygen atoms in total. The molecule has 1 heterocycles. The molecule has 1 fully saturated rings. The largest absolute Gasteiger partial charge is 0.384 e. The highest BCUT2D eigenvalue weighted by atomic mass is 15.0. The van der Waals surface area contributed by atoms with Crippen LogP contribution in [0.3, 0.4) is 0 Å². The van der Waals surface area contributed by atoms with Crippen LogP contribution >= 0.6 is 0 Å². The third kappa shape index (κ3) is 3.07. The number of benzene rings is 1. The zero-order valence-corrected chi connectivity index (χ0v) is 11.5. The average molecular weight is 268 g/mol. The predicted octanol–water partition coefficient (Wildman–Crippen LogP) is 3.33. The molecular formula is C16H20N4. The Morgan fingerprint density at radius 2 is 1.95 bits per heavy atom. The molecular weight excluding hydrogens is 248 g/mol. The predicted molar refractivity (Wildman–Crippen MR) is 82.3 cm³/mol. The maximum absolute atomic E-state index is 5.87. The Bertz CT molecular complexity index is 564. The van der Waals surface area contributed by atoms with Gasteiger partial charge in [-0.3, -0.25) is 0 Å². The first-order valence-corrected chi connectivity index (χ1v) is 7.25. The van der Waals surface area contributed by atoms with Gasteiger partial charge in [-0.05, 0) is 12.3 Å². The van der Waals surface area contributed by atoms with E-state index in [0.717, 1.165) is 23.8 Å². The number of rotatable bonds is 5. The van der Waals surface area contributed by atoms with E-state index in [1.54, 1.807) is 6.07 Å². The van der Waals surface area contributed by atoms with Crippen LogP contribution in [-0.2, 0) is 0 Å². The van der Waals surface area contributed by atoms with Crippen LogP contribution in [-0.4, -0.2) is 16.5 Å². The third-order valence-electron chi connectivity index (χ3n) is 3.86. The molecule has 2 aromatic rings. The van der Waals surface area contributed by atoms with Crippen molar-refractivity contribution in [2.75, 3.05) is 17.6 Å². The Labute approximate surface area is 119 Å². The van der Waals surface area contributed by atoms with E-state index in [0.29, 0.717) is 11.6 Å². The van der Waals surface area contributed by atoms with Gasteiger partial charge in [-0.25, -0.2) is 9.97 Å². The molecule has 1 aromatic heterocycles. The highest BCUT2D eigenvalue weighted by molar-refractivity contribution is 5.60. The van der Waals surface area contributed by atoms with E-state index in [9.17, 15) is 0 Å². The molecule has 0 spiro atoms. The molecule has 1 aliphatic rings. The molecule has 1 saturated carbocycles. The molecule has 4 heteroatoms. The Morgan fingerprint density at radius 3 is 2.65 bits per heavy atom. The first kappa shape index (κ1) is 12.9. The number of nitrogens with zero attached hydrogens (tertiary/aromatic N) is 2. The highest BCUT2D eigenvalue weighted by Crippen LogP contribution is 2.29.